The van der Waals surface area contributed by atoms with Gasteiger partial charge in [-0.2, -0.15) is 0 Å². The van der Waals surface area contributed by atoms with Gasteiger partial charge in [0.05, 0.1) is 6.04 Å². The molecule has 0 fully saturated rings. The van der Waals surface area contributed by atoms with Gasteiger partial charge in [-0.1, -0.05) is 13.0 Å². The Morgan fingerprint density at radius 1 is 1.06 bits per heavy atom. The van der Waals surface area contributed by atoms with E-state index in [4.69, 9.17) is 0 Å². The number of aromatic nitrogens is 3. The lowest BCUT2D eigenvalue weighted by Crippen LogP contribution is -2.24. The lowest BCUT2D eigenvalue weighted by Gasteiger charge is -2.16. The molecule has 2 rings (SSSR count). The minimum absolute atomic E-state index is 0.00343. The number of nitrogens with one attached hydrogen (secondary N) is 1. The molecule has 2 aromatic rings. The molecule has 0 bridgehead atoms. The van der Waals surface area contributed by atoms with E-state index in [0.29, 0.717) is 0 Å². The van der Waals surface area contributed by atoms with Crippen molar-refractivity contribution in [2.75, 3.05) is 6.54 Å². The van der Waals surface area contributed by atoms with Crippen molar-refractivity contribution in [3.63, 3.8) is 0 Å². The van der Waals surface area contributed by atoms with Crippen LogP contribution in [-0.4, -0.2) is 21.5 Å². The Morgan fingerprint density at radius 3 is 2.33 bits per heavy atom. The third-order valence-electron chi connectivity index (χ3n) is 2.73. The van der Waals surface area contributed by atoms with Crippen LogP contribution in [0.5, 0.6) is 0 Å². The Bertz CT molecular complexity index is 445. The van der Waals surface area contributed by atoms with Crippen LogP contribution in [0, 0.1) is 13.8 Å². The lowest BCUT2D eigenvalue weighted by molar-refractivity contribution is 0.594. The third-order valence-corrected chi connectivity index (χ3v) is 2.73. The zero-order valence-corrected chi connectivity index (χ0v) is 11.0. The number of nitrogens with zero attached hydrogens (tertiary/aromatic N) is 3. The van der Waals surface area contributed by atoms with E-state index in [-0.39, 0.29) is 6.04 Å². The normalized spacial score (nSPS) is 12.4. The molecule has 0 saturated heterocycles. The molecule has 1 unspecified atom stereocenters. The van der Waals surface area contributed by atoms with E-state index in [0.717, 1.165) is 29.2 Å². The maximum absolute atomic E-state index is 4.39. The van der Waals surface area contributed by atoms with Crippen LogP contribution >= 0.6 is 0 Å². The number of hydrogen-bond acceptors (Lipinski definition) is 4. The monoisotopic (exact) mass is 242 g/mol. The second kappa shape index (κ2) is 5.69. The highest BCUT2D eigenvalue weighted by Crippen LogP contribution is 2.18. The molecule has 0 aliphatic rings. The minimum Gasteiger partial charge on any atom is -0.304 e. The summed E-state index contributed by atoms with van der Waals surface area (Å²) < 4.78 is 0. The average molecular weight is 242 g/mol. The first-order valence-electron chi connectivity index (χ1n) is 6.15. The first-order chi connectivity index (χ1) is 8.70. The molecule has 0 aliphatic heterocycles. The molecule has 18 heavy (non-hydrogen) atoms. The molecule has 2 heterocycles. The van der Waals surface area contributed by atoms with Crippen LogP contribution in [-0.2, 0) is 0 Å². The summed E-state index contributed by atoms with van der Waals surface area (Å²) in [5, 5.41) is 3.39. The van der Waals surface area contributed by atoms with E-state index in [2.05, 4.69) is 33.3 Å². The van der Waals surface area contributed by atoms with Crippen molar-refractivity contribution in [2.45, 2.75) is 26.8 Å². The van der Waals surface area contributed by atoms with Gasteiger partial charge in [0.1, 0.15) is 5.82 Å². The standard InChI is InChI=1S/C14H18N4/c1-4-15-13(12-6-5-11(3)16-9-12)14-17-7-10(2)8-18-14/h5-9,13,15H,4H2,1-3H3. The molecule has 4 heteroatoms. The van der Waals surface area contributed by atoms with Gasteiger partial charge >= 0.3 is 0 Å². The number of pyridine rings is 1. The van der Waals surface area contributed by atoms with Crippen molar-refractivity contribution in [3.05, 3.63) is 53.4 Å². The van der Waals surface area contributed by atoms with Gasteiger partial charge in [-0.25, -0.2) is 9.97 Å². The van der Waals surface area contributed by atoms with E-state index in [1.807, 2.05) is 38.5 Å². The highest BCUT2D eigenvalue weighted by atomic mass is 15.0. The summed E-state index contributed by atoms with van der Waals surface area (Å²) in [6.45, 7) is 6.90. The zero-order valence-electron chi connectivity index (χ0n) is 11.0. The van der Waals surface area contributed by atoms with Gasteiger partial charge in [-0.3, -0.25) is 4.98 Å². The Hall–Kier alpha value is -1.81. The Labute approximate surface area is 108 Å². The smallest absolute Gasteiger partial charge is 0.149 e. The average Bonchev–Trinajstić information content (AvgIpc) is 2.39. The summed E-state index contributed by atoms with van der Waals surface area (Å²) in [6.07, 6.45) is 5.56. The highest BCUT2D eigenvalue weighted by molar-refractivity contribution is 5.23. The van der Waals surface area contributed by atoms with E-state index in [9.17, 15) is 0 Å². The van der Waals surface area contributed by atoms with Crippen LogP contribution < -0.4 is 5.32 Å². The molecule has 0 aromatic carbocycles. The second-order valence-corrected chi connectivity index (χ2v) is 4.34. The van der Waals surface area contributed by atoms with Crippen molar-refractivity contribution >= 4 is 0 Å². The minimum atomic E-state index is 0.00343. The SMILES string of the molecule is CCNC(c1ccc(C)nc1)c1ncc(C)cn1. The fourth-order valence-corrected chi connectivity index (χ4v) is 1.76. The van der Waals surface area contributed by atoms with Crippen LogP contribution in [0.4, 0.5) is 0 Å². The largest absolute Gasteiger partial charge is 0.304 e. The van der Waals surface area contributed by atoms with Crippen LogP contribution in [0.3, 0.4) is 0 Å². The fourth-order valence-electron chi connectivity index (χ4n) is 1.76. The van der Waals surface area contributed by atoms with E-state index < -0.39 is 0 Å². The number of hydrogen-bond donors (Lipinski definition) is 1. The summed E-state index contributed by atoms with van der Waals surface area (Å²) in [7, 11) is 0. The molecule has 0 saturated carbocycles. The molecular formula is C14H18N4. The van der Waals surface area contributed by atoms with Gasteiger partial charge in [0, 0.05) is 24.3 Å². The molecule has 2 aromatic heterocycles. The third kappa shape index (κ3) is 2.90. The van der Waals surface area contributed by atoms with Gasteiger partial charge in [0.15, 0.2) is 0 Å². The van der Waals surface area contributed by atoms with Crippen molar-refractivity contribution < 1.29 is 0 Å². The highest BCUT2D eigenvalue weighted by Gasteiger charge is 2.15. The van der Waals surface area contributed by atoms with Crippen LogP contribution in [0.1, 0.15) is 35.6 Å². The molecule has 1 atom stereocenters. The summed E-state index contributed by atoms with van der Waals surface area (Å²) in [6, 6.07) is 4.08. The van der Waals surface area contributed by atoms with Crippen LogP contribution in [0.25, 0.3) is 0 Å². The topological polar surface area (TPSA) is 50.7 Å². The first-order valence-corrected chi connectivity index (χ1v) is 6.15. The van der Waals surface area contributed by atoms with E-state index >= 15 is 0 Å². The molecule has 0 aliphatic carbocycles. The Kier molecular flexibility index (Phi) is 3.99. The fraction of sp³-hybridized carbons (Fsp3) is 0.357. The maximum atomic E-state index is 4.39. The summed E-state index contributed by atoms with van der Waals surface area (Å²) in [5.74, 6) is 0.785. The zero-order chi connectivity index (χ0) is 13.0. The summed E-state index contributed by atoms with van der Waals surface area (Å²) in [5.41, 5.74) is 3.17. The predicted molar refractivity (Wildman–Crippen MR) is 71.3 cm³/mol. The van der Waals surface area contributed by atoms with Gasteiger partial charge in [0.25, 0.3) is 0 Å². The van der Waals surface area contributed by atoms with Crippen molar-refractivity contribution in [1.29, 1.82) is 0 Å². The molecule has 1 N–H and O–H groups in total. The molecule has 94 valence electrons. The van der Waals surface area contributed by atoms with Gasteiger partial charge < -0.3 is 5.32 Å². The first kappa shape index (κ1) is 12.6. The molecule has 0 radical (unpaired) electrons. The van der Waals surface area contributed by atoms with Crippen molar-refractivity contribution in [1.82, 2.24) is 20.3 Å². The molecular weight excluding hydrogens is 224 g/mol. The van der Waals surface area contributed by atoms with E-state index in [1.54, 1.807) is 0 Å². The Morgan fingerprint density at radius 2 is 1.78 bits per heavy atom. The summed E-state index contributed by atoms with van der Waals surface area (Å²) >= 11 is 0. The maximum Gasteiger partial charge on any atom is 0.149 e. The molecule has 0 spiro atoms. The second-order valence-electron chi connectivity index (χ2n) is 4.34. The van der Waals surface area contributed by atoms with Gasteiger partial charge in [-0.15, -0.1) is 0 Å². The van der Waals surface area contributed by atoms with Crippen LogP contribution in [0.15, 0.2) is 30.7 Å². The van der Waals surface area contributed by atoms with E-state index in [1.165, 1.54) is 0 Å². The molecule has 4 nitrogen and oxygen atoms in total. The Balaban J connectivity index is 2.33. The predicted octanol–water partition coefficient (Wildman–Crippen LogP) is 2.19. The van der Waals surface area contributed by atoms with Crippen molar-refractivity contribution in [2.24, 2.45) is 0 Å². The van der Waals surface area contributed by atoms with Crippen molar-refractivity contribution in [3.8, 4) is 0 Å². The number of aryl methyl sites for hydroxylation is 2. The quantitative estimate of drug-likeness (QED) is 0.893. The van der Waals surface area contributed by atoms with Gasteiger partial charge in [0.2, 0.25) is 0 Å². The molecule has 0 amide bonds. The summed E-state index contributed by atoms with van der Waals surface area (Å²) in [4.78, 5) is 13.1. The van der Waals surface area contributed by atoms with Crippen LogP contribution in [0.2, 0.25) is 0 Å². The number of rotatable bonds is 4. The lowest BCUT2D eigenvalue weighted by atomic mass is 10.1. The van der Waals surface area contributed by atoms with Gasteiger partial charge in [-0.05, 0) is 37.6 Å².